The molecule has 0 bridgehead atoms. The molecule has 118 valence electrons. The van der Waals surface area contributed by atoms with Crippen molar-refractivity contribution in [2.45, 2.75) is 39.3 Å². The van der Waals surface area contributed by atoms with Crippen LogP contribution in [0.5, 0.6) is 11.5 Å². The van der Waals surface area contributed by atoms with Crippen LogP contribution in [0.15, 0.2) is 18.2 Å². The first-order chi connectivity index (χ1) is 10.1. The maximum absolute atomic E-state index is 11.7. The summed E-state index contributed by atoms with van der Waals surface area (Å²) in [6.45, 7) is 5.32. The van der Waals surface area contributed by atoms with E-state index in [0.717, 1.165) is 17.7 Å². The number of para-hydroxylation sites is 1. The van der Waals surface area contributed by atoms with E-state index in [1.165, 1.54) is 0 Å². The van der Waals surface area contributed by atoms with E-state index >= 15 is 0 Å². The van der Waals surface area contributed by atoms with Crippen LogP contribution in [0.3, 0.4) is 0 Å². The number of rotatable bonds is 9. The quantitative estimate of drug-likeness (QED) is 0.685. The third-order valence-electron chi connectivity index (χ3n) is 3.35. The molecule has 0 aliphatic rings. The number of benzene rings is 1. The molecule has 0 aliphatic carbocycles. The molecule has 0 saturated heterocycles. The van der Waals surface area contributed by atoms with Gasteiger partial charge in [-0.15, -0.1) is 0 Å². The van der Waals surface area contributed by atoms with E-state index in [0.29, 0.717) is 25.3 Å². The zero-order valence-electron chi connectivity index (χ0n) is 13.4. The van der Waals surface area contributed by atoms with E-state index in [2.05, 4.69) is 17.6 Å². The highest BCUT2D eigenvalue weighted by molar-refractivity contribution is 5.76. The van der Waals surface area contributed by atoms with E-state index in [1.54, 1.807) is 14.2 Å². The normalized spacial score (nSPS) is 11.8. The summed E-state index contributed by atoms with van der Waals surface area (Å²) < 4.78 is 10.6. The topological polar surface area (TPSA) is 59.6 Å². The first kappa shape index (κ1) is 17.3. The second-order valence-corrected chi connectivity index (χ2v) is 4.96. The minimum Gasteiger partial charge on any atom is -0.493 e. The number of carbonyl (C=O) groups is 1. The van der Waals surface area contributed by atoms with E-state index in [-0.39, 0.29) is 11.9 Å². The Hall–Kier alpha value is -1.75. The number of hydrogen-bond donors (Lipinski definition) is 2. The van der Waals surface area contributed by atoms with Crippen molar-refractivity contribution in [3.05, 3.63) is 23.8 Å². The molecule has 21 heavy (non-hydrogen) atoms. The zero-order valence-corrected chi connectivity index (χ0v) is 13.4. The fourth-order valence-corrected chi connectivity index (χ4v) is 1.97. The predicted octanol–water partition coefficient (Wildman–Crippen LogP) is 2.10. The Labute approximate surface area is 127 Å². The van der Waals surface area contributed by atoms with Crippen molar-refractivity contribution in [3.8, 4) is 11.5 Å². The van der Waals surface area contributed by atoms with E-state index < -0.39 is 0 Å². The van der Waals surface area contributed by atoms with Gasteiger partial charge in [-0.1, -0.05) is 19.1 Å². The second kappa shape index (κ2) is 9.23. The maximum Gasteiger partial charge on any atom is 0.221 e. The molecule has 5 nitrogen and oxygen atoms in total. The molecule has 0 saturated carbocycles. The molecule has 1 rings (SSSR count). The SMILES string of the molecule is CCC(C)NC(=O)CCNCc1cccc(OC)c1OC. The molecule has 0 aliphatic heterocycles. The van der Waals surface area contributed by atoms with Gasteiger partial charge in [-0.2, -0.15) is 0 Å². The van der Waals surface area contributed by atoms with E-state index in [9.17, 15) is 4.79 Å². The Morgan fingerprint density at radius 2 is 2.05 bits per heavy atom. The Morgan fingerprint density at radius 1 is 1.29 bits per heavy atom. The average molecular weight is 294 g/mol. The van der Waals surface area contributed by atoms with Gasteiger partial charge in [-0.25, -0.2) is 0 Å². The number of carbonyl (C=O) groups excluding carboxylic acids is 1. The highest BCUT2D eigenvalue weighted by Crippen LogP contribution is 2.30. The maximum atomic E-state index is 11.7. The molecule has 1 aromatic carbocycles. The molecule has 1 unspecified atom stereocenters. The molecule has 0 aromatic heterocycles. The van der Waals surface area contributed by atoms with Gasteiger partial charge in [0.05, 0.1) is 14.2 Å². The van der Waals surface area contributed by atoms with Gasteiger partial charge >= 0.3 is 0 Å². The lowest BCUT2D eigenvalue weighted by molar-refractivity contribution is -0.121. The summed E-state index contributed by atoms with van der Waals surface area (Å²) >= 11 is 0. The van der Waals surface area contributed by atoms with Crippen molar-refractivity contribution < 1.29 is 14.3 Å². The van der Waals surface area contributed by atoms with Gasteiger partial charge in [0.25, 0.3) is 0 Å². The zero-order chi connectivity index (χ0) is 15.7. The molecule has 0 fully saturated rings. The van der Waals surface area contributed by atoms with Crippen LogP contribution in [0.25, 0.3) is 0 Å². The average Bonchev–Trinajstić information content (AvgIpc) is 2.50. The Balaban J connectivity index is 2.41. The van der Waals surface area contributed by atoms with Crippen molar-refractivity contribution in [3.63, 3.8) is 0 Å². The van der Waals surface area contributed by atoms with E-state index in [1.807, 2.05) is 25.1 Å². The van der Waals surface area contributed by atoms with Crippen molar-refractivity contribution in [1.82, 2.24) is 10.6 Å². The van der Waals surface area contributed by atoms with Gasteiger partial charge in [0.1, 0.15) is 0 Å². The highest BCUT2D eigenvalue weighted by atomic mass is 16.5. The molecule has 1 amide bonds. The smallest absolute Gasteiger partial charge is 0.221 e. The lowest BCUT2D eigenvalue weighted by Crippen LogP contribution is -2.33. The van der Waals surface area contributed by atoms with Crippen LogP contribution in [-0.2, 0) is 11.3 Å². The fraction of sp³-hybridized carbons (Fsp3) is 0.562. The van der Waals surface area contributed by atoms with Gasteiger partial charge in [0.2, 0.25) is 5.91 Å². The minimum atomic E-state index is 0.0782. The van der Waals surface area contributed by atoms with Gasteiger partial charge < -0.3 is 20.1 Å². The minimum absolute atomic E-state index is 0.0782. The van der Waals surface area contributed by atoms with Gasteiger partial charge in [-0.3, -0.25) is 4.79 Å². The lowest BCUT2D eigenvalue weighted by atomic mass is 10.2. The molecule has 0 spiro atoms. The second-order valence-electron chi connectivity index (χ2n) is 4.96. The van der Waals surface area contributed by atoms with E-state index in [4.69, 9.17) is 9.47 Å². The molecular weight excluding hydrogens is 268 g/mol. The summed E-state index contributed by atoms with van der Waals surface area (Å²) in [5.41, 5.74) is 1.01. The molecule has 5 heteroatoms. The van der Waals surface area contributed by atoms with Crippen LogP contribution in [0.4, 0.5) is 0 Å². The first-order valence-corrected chi connectivity index (χ1v) is 7.32. The number of ether oxygens (including phenoxy) is 2. The summed E-state index contributed by atoms with van der Waals surface area (Å²) in [7, 11) is 3.25. The van der Waals surface area contributed by atoms with Gasteiger partial charge in [0, 0.05) is 31.1 Å². The molecule has 0 heterocycles. The first-order valence-electron chi connectivity index (χ1n) is 7.32. The third-order valence-corrected chi connectivity index (χ3v) is 3.35. The van der Waals surface area contributed by atoms with Gasteiger partial charge in [-0.05, 0) is 19.4 Å². The molecular formula is C16H26N2O3. The van der Waals surface area contributed by atoms with Gasteiger partial charge in [0.15, 0.2) is 11.5 Å². The largest absolute Gasteiger partial charge is 0.493 e. The predicted molar refractivity (Wildman–Crippen MR) is 83.8 cm³/mol. The van der Waals surface area contributed by atoms with Crippen molar-refractivity contribution >= 4 is 5.91 Å². The van der Waals surface area contributed by atoms with Crippen LogP contribution in [0.1, 0.15) is 32.3 Å². The summed E-state index contributed by atoms with van der Waals surface area (Å²) in [4.78, 5) is 11.7. The van der Waals surface area contributed by atoms with Crippen LogP contribution in [0, 0.1) is 0 Å². The molecule has 1 atom stereocenters. The summed E-state index contributed by atoms with van der Waals surface area (Å²) in [5.74, 6) is 1.53. The Bertz CT molecular complexity index is 449. The lowest BCUT2D eigenvalue weighted by Gasteiger charge is -2.14. The summed E-state index contributed by atoms with van der Waals surface area (Å²) in [6, 6.07) is 6.00. The number of nitrogens with one attached hydrogen (secondary N) is 2. The Morgan fingerprint density at radius 3 is 2.67 bits per heavy atom. The van der Waals surface area contributed by atoms with Crippen LogP contribution in [0.2, 0.25) is 0 Å². The standard InChI is InChI=1S/C16H26N2O3/c1-5-12(2)18-15(19)9-10-17-11-13-7-6-8-14(20-3)16(13)21-4/h6-8,12,17H,5,9-11H2,1-4H3,(H,18,19). The van der Waals surface area contributed by atoms with Crippen molar-refractivity contribution in [1.29, 1.82) is 0 Å². The van der Waals surface area contributed by atoms with Crippen LogP contribution >= 0.6 is 0 Å². The summed E-state index contributed by atoms with van der Waals surface area (Å²) in [5, 5.41) is 6.20. The highest BCUT2D eigenvalue weighted by Gasteiger charge is 2.09. The number of hydrogen-bond acceptors (Lipinski definition) is 4. The number of methoxy groups -OCH3 is 2. The van der Waals surface area contributed by atoms with Crippen molar-refractivity contribution in [2.75, 3.05) is 20.8 Å². The fourth-order valence-electron chi connectivity index (χ4n) is 1.97. The monoisotopic (exact) mass is 294 g/mol. The molecule has 1 aromatic rings. The summed E-state index contributed by atoms with van der Waals surface area (Å²) in [6.07, 6.45) is 1.41. The number of amides is 1. The van der Waals surface area contributed by atoms with Crippen molar-refractivity contribution in [2.24, 2.45) is 0 Å². The third kappa shape index (κ3) is 5.63. The molecule has 0 radical (unpaired) electrons. The Kier molecular flexibility index (Phi) is 7.61. The van der Waals surface area contributed by atoms with Crippen LogP contribution < -0.4 is 20.1 Å². The molecule has 2 N–H and O–H groups in total. The van der Waals surface area contributed by atoms with Crippen LogP contribution in [-0.4, -0.2) is 32.7 Å².